The zero-order valence-corrected chi connectivity index (χ0v) is 10.3. The highest BCUT2D eigenvalue weighted by Crippen LogP contribution is 2.19. The Labute approximate surface area is 96.4 Å². The zero-order valence-electron chi connectivity index (χ0n) is 9.45. The van der Waals surface area contributed by atoms with Gasteiger partial charge in [-0.15, -0.1) is 11.8 Å². The Hall–Kier alpha value is -0.510. The maximum Gasteiger partial charge on any atom is 0.0470 e. The third kappa shape index (κ3) is 5.21. The summed E-state index contributed by atoms with van der Waals surface area (Å²) < 4.78 is 5.02. The van der Waals surface area contributed by atoms with E-state index in [4.69, 9.17) is 4.74 Å². The van der Waals surface area contributed by atoms with Crippen LogP contribution in [-0.2, 0) is 11.3 Å². The minimum absolute atomic E-state index is 0.850. The summed E-state index contributed by atoms with van der Waals surface area (Å²) in [7, 11) is 3.72. The Kier molecular flexibility index (Phi) is 6.48. The predicted octanol–water partition coefficient (Wildman–Crippen LogP) is 2.53. The van der Waals surface area contributed by atoms with E-state index in [9.17, 15) is 0 Å². The van der Waals surface area contributed by atoms with Crippen LogP contribution in [0, 0.1) is 0 Å². The van der Waals surface area contributed by atoms with E-state index in [-0.39, 0.29) is 0 Å². The Bertz CT molecular complexity index is 278. The van der Waals surface area contributed by atoms with Gasteiger partial charge in [0.1, 0.15) is 0 Å². The number of ether oxygens (including phenoxy) is 1. The van der Waals surface area contributed by atoms with Crippen molar-refractivity contribution in [3.8, 4) is 0 Å². The van der Waals surface area contributed by atoms with Crippen LogP contribution in [0.1, 0.15) is 12.0 Å². The van der Waals surface area contributed by atoms with E-state index in [1.54, 1.807) is 7.11 Å². The number of benzene rings is 1. The molecule has 0 unspecified atom stereocenters. The van der Waals surface area contributed by atoms with Crippen molar-refractivity contribution >= 4 is 11.8 Å². The number of methoxy groups -OCH3 is 1. The second-order valence-corrected chi connectivity index (χ2v) is 4.54. The van der Waals surface area contributed by atoms with Crippen LogP contribution in [0.15, 0.2) is 29.2 Å². The summed E-state index contributed by atoms with van der Waals surface area (Å²) in [5.74, 6) is 1.12. The van der Waals surface area contributed by atoms with Crippen molar-refractivity contribution in [3.05, 3.63) is 29.8 Å². The molecule has 1 rings (SSSR count). The lowest BCUT2D eigenvalue weighted by atomic mass is 10.2. The fourth-order valence-corrected chi connectivity index (χ4v) is 2.25. The molecular formula is C12H19NOS. The first kappa shape index (κ1) is 12.6. The molecule has 1 aromatic carbocycles. The topological polar surface area (TPSA) is 21.3 Å². The summed E-state index contributed by atoms with van der Waals surface area (Å²) in [6, 6.07) is 8.67. The molecule has 3 heteroatoms. The second kappa shape index (κ2) is 7.74. The zero-order chi connectivity index (χ0) is 10.9. The molecule has 2 nitrogen and oxygen atoms in total. The van der Waals surface area contributed by atoms with Gasteiger partial charge >= 0.3 is 0 Å². The van der Waals surface area contributed by atoms with Crippen molar-refractivity contribution in [1.29, 1.82) is 0 Å². The molecule has 84 valence electrons. The van der Waals surface area contributed by atoms with Crippen molar-refractivity contribution in [2.24, 2.45) is 0 Å². The van der Waals surface area contributed by atoms with E-state index in [0.29, 0.717) is 0 Å². The summed E-state index contributed by atoms with van der Waals surface area (Å²) in [6.45, 7) is 1.79. The van der Waals surface area contributed by atoms with Crippen LogP contribution >= 0.6 is 11.8 Å². The van der Waals surface area contributed by atoms with Crippen molar-refractivity contribution in [2.75, 3.05) is 26.5 Å². The van der Waals surface area contributed by atoms with E-state index in [2.05, 4.69) is 29.6 Å². The van der Waals surface area contributed by atoms with Crippen LogP contribution in [0.2, 0.25) is 0 Å². The summed E-state index contributed by atoms with van der Waals surface area (Å²) >= 11 is 1.89. The molecule has 1 aromatic rings. The largest absolute Gasteiger partial charge is 0.385 e. The van der Waals surface area contributed by atoms with Crippen LogP contribution in [0.5, 0.6) is 0 Å². The van der Waals surface area contributed by atoms with Crippen molar-refractivity contribution in [1.82, 2.24) is 5.32 Å². The van der Waals surface area contributed by atoms with E-state index in [1.165, 1.54) is 10.5 Å². The standard InChI is InChI=1S/C12H19NOS/c1-13-10-11-5-3-6-12(9-11)15-8-4-7-14-2/h3,5-6,9,13H,4,7-8,10H2,1-2H3. The Morgan fingerprint density at radius 1 is 1.40 bits per heavy atom. The average molecular weight is 225 g/mol. The van der Waals surface area contributed by atoms with E-state index < -0.39 is 0 Å². The fraction of sp³-hybridized carbons (Fsp3) is 0.500. The maximum atomic E-state index is 5.02. The minimum atomic E-state index is 0.850. The van der Waals surface area contributed by atoms with E-state index in [0.717, 1.165) is 25.3 Å². The van der Waals surface area contributed by atoms with Crippen molar-refractivity contribution < 1.29 is 4.74 Å². The highest BCUT2D eigenvalue weighted by molar-refractivity contribution is 7.99. The van der Waals surface area contributed by atoms with Crippen LogP contribution in [0.4, 0.5) is 0 Å². The highest BCUT2D eigenvalue weighted by atomic mass is 32.2. The Morgan fingerprint density at radius 3 is 3.00 bits per heavy atom. The molecule has 0 aliphatic heterocycles. The van der Waals surface area contributed by atoms with Gasteiger partial charge in [0.25, 0.3) is 0 Å². The summed E-state index contributed by atoms with van der Waals surface area (Å²) in [4.78, 5) is 1.35. The molecule has 0 fully saturated rings. The molecule has 0 bridgehead atoms. The lowest BCUT2D eigenvalue weighted by Gasteiger charge is -2.04. The first-order chi connectivity index (χ1) is 7.36. The normalized spacial score (nSPS) is 10.5. The molecule has 0 aliphatic carbocycles. The lowest BCUT2D eigenvalue weighted by Crippen LogP contribution is -2.04. The average Bonchev–Trinajstić information content (AvgIpc) is 2.26. The monoisotopic (exact) mass is 225 g/mol. The predicted molar refractivity (Wildman–Crippen MR) is 66.4 cm³/mol. The van der Waals surface area contributed by atoms with Crippen molar-refractivity contribution in [2.45, 2.75) is 17.9 Å². The molecule has 0 aliphatic rings. The van der Waals surface area contributed by atoms with E-state index >= 15 is 0 Å². The van der Waals surface area contributed by atoms with Crippen molar-refractivity contribution in [3.63, 3.8) is 0 Å². The third-order valence-electron chi connectivity index (χ3n) is 2.04. The van der Waals surface area contributed by atoms with Crippen LogP contribution in [0.3, 0.4) is 0 Å². The van der Waals surface area contributed by atoms with Gasteiger partial charge in [-0.3, -0.25) is 0 Å². The van der Waals surface area contributed by atoms with Gasteiger partial charge in [-0.2, -0.15) is 0 Å². The molecule has 0 atom stereocenters. The molecule has 15 heavy (non-hydrogen) atoms. The van der Waals surface area contributed by atoms with Gasteiger partial charge in [-0.25, -0.2) is 0 Å². The number of nitrogens with one attached hydrogen (secondary N) is 1. The molecule has 1 N–H and O–H groups in total. The van der Waals surface area contributed by atoms with Crippen LogP contribution in [0.25, 0.3) is 0 Å². The van der Waals surface area contributed by atoms with Gasteiger partial charge < -0.3 is 10.1 Å². The molecule has 0 radical (unpaired) electrons. The molecule has 0 saturated heterocycles. The van der Waals surface area contributed by atoms with Crippen LogP contribution < -0.4 is 5.32 Å². The number of rotatable bonds is 7. The van der Waals surface area contributed by atoms with Gasteiger partial charge in [0.2, 0.25) is 0 Å². The molecule has 0 aromatic heterocycles. The Morgan fingerprint density at radius 2 is 2.27 bits per heavy atom. The first-order valence-electron chi connectivity index (χ1n) is 5.22. The van der Waals surface area contributed by atoms with Gasteiger partial charge in [0, 0.05) is 30.9 Å². The quantitative estimate of drug-likeness (QED) is 0.569. The molecule has 0 saturated carbocycles. The first-order valence-corrected chi connectivity index (χ1v) is 6.20. The molecule has 0 amide bonds. The SMILES string of the molecule is CNCc1cccc(SCCCOC)c1. The summed E-state index contributed by atoms with van der Waals surface area (Å²) in [5.41, 5.74) is 1.34. The van der Waals surface area contributed by atoms with E-state index in [1.807, 2.05) is 18.8 Å². The summed E-state index contributed by atoms with van der Waals surface area (Å²) in [6.07, 6.45) is 1.11. The molecular weight excluding hydrogens is 206 g/mol. The van der Waals surface area contributed by atoms with Gasteiger partial charge in [0.05, 0.1) is 0 Å². The van der Waals surface area contributed by atoms with Gasteiger partial charge in [-0.05, 0) is 31.2 Å². The van der Waals surface area contributed by atoms with Gasteiger partial charge in [0.15, 0.2) is 0 Å². The smallest absolute Gasteiger partial charge is 0.0470 e. The fourth-order valence-electron chi connectivity index (χ4n) is 1.34. The lowest BCUT2D eigenvalue weighted by molar-refractivity contribution is 0.200. The number of thioether (sulfide) groups is 1. The number of hydrogen-bond donors (Lipinski definition) is 1. The van der Waals surface area contributed by atoms with Gasteiger partial charge in [-0.1, -0.05) is 12.1 Å². The minimum Gasteiger partial charge on any atom is -0.385 e. The highest BCUT2D eigenvalue weighted by Gasteiger charge is 1.96. The third-order valence-corrected chi connectivity index (χ3v) is 3.12. The molecule has 0 spiro atoms. The Balaban J connectivity index is 2.36. The second-order valence-electron chi connectivity index (χ2n) is 3.37. The number of hydrogen-bond acceptors (Lipinski definition) is 3. The molecule has 0 heterocycles. The summed E-state index contributed by atoms with van der Waals surface area (Å²) in [5, 5.41) is 3.16. The van der Waals surface area contributed by atoms with Crippen LogP contribution in [-0.4, -0.2) is 26.5 Å². The maximum absolute atomic E-state index is 5.02.